The first-order chi connectivity index (χ1) is 9.74. The summed E-state index contributed by atoms with van der Waals surface area (Å²) in [6, 6.07) is 11.1. The number of hydrogen-bond acceptors (Lipinski definition) is 5. The van der Waals surface area contributed by atoms with Gasteiger partial charge < -0.3 is 10.3 Å². The predicted octanol–water partition coefficient (Wildman–Crippen LogP) is 2.94. The SMILES string of the molecule is N[C@@H](c1ccccc1)c1nc(-c2cncc(Br)c2)no1. The summed E-state index contributed by atoms with van der Waals surface area (Å²) in [4.78, 5) is 8.41. The van der Waals surface area contributed by atoms with E-state index in [4.69, 9.17) is 10.3 Å². The number of hydrogen-bond donors (Lipinski definition) is 1. The third-order valence-electron chi connectivity index (χ3n) is 2.83. The van der Waals surface area contributed by atoms with Gasteiger partial charge in [-0.15, -0.1) is 0 Å². The fourth-order valence-corrected chi connectivity index (χ4v) is 2.18. The van der Waals surface area contributed by atoms with Gasteiger partial charge in [0.15, 0.2) is 0 Å². The van der Waals surface area contributed by atoms with Crippen molar-refractivity contribution < 1.29 is 4.52 Å². The monoisotopic (exact) mass is 330 g/mol. The van der Waals surface area contributed by atoms with Gasteiger partial charge in [0.05, 0.1) is 0 Å². The van der Waals surface area contributed by atoms with Crippen molar-refractivity contribution in [3.05, 3.63) is 64.7 Å². The molecule has 0 saturated carbocycles. The van der Waals surface area contributed by atoms with E-state index in [1.807, 2.05) is 36.4 Å². The van der Waals surface area contributed by atoms with Gasteiger partial charge >= 0.3 is 0 Å². The molecule has 0 unspecified atom stereocenters. The van der Waals surface area contributed by atoms with E-state index in [-0.39, 0.29) is 0 Å². The van der Waals surface area contributed by atoms with Crippen molar-refractivity contribution in [2.24, 2.45) is 5.73 Å². The standard InChI is InChI=1S/C14H11BrN4O/c15-11-6-10(7-17-8-11)13-18-14(20-19-13)12(16)9-4-2-1-3-5-9/h1-8,12H,16H2/t12-/m0/s1. The molecule has 20 heavy (non-hydrogen) atoms. The van der Waals surface area contributed by atoms with Crippen LogP contribution in [0.3, 0.4) is 0 Å². The zero-order chi connectivity index (χ0) is 13.9. The third kappa shape index (κ3) is 2.61. The lowest BCUT2D eigenvalue weighted by Crippen LogP contribution is -2.11. The highest BCUT2D eigenvalue weighted by Crippen LogP contribution is 2.22. The quantitative estimate of drug-likeness (QED) is 0.798. The Hall–Kier alpha value is -2.05. The summed E-state index contributed by atoms with van der Waals surface area (Å²) in [7, 11) is 0. The molecule has 0 saturated heterocycles. The maximum atomic E-state index is 6.12. The molecule has 0 spiro atoms. The maximum absolute atomic E-state index is 6.12. The first-order valence-corrected chi connectivity index (χ1v) is 6.78. The van der Waals surface area contributed by atoms with Crippen molar-refractivity contribution in [3.63, 3.8) is 0 Å². The zero-order valence-electron chi connectivity index (χ0n) is 10.4. The first-order valence-electron chi connectivity index (χ1n) is 5.99. The molecule has 3 rings (SSSR count). The molecule has 0 aliphatic carbocycles. The number of nitrogens with zero attached hydrogens (tertiary/aromatic N) is 3. The van der Waals surface area contributed by atoms with E-state index in [0.717, 1.165) is 15.6 Å². The van der Waals surface area contributed by atoms with Gasteiger partial charge in [0, 0.05) is 22.4 Å². The molecule has 0 aliphatic heterocycles. The van der Waals surface area contributed by atoms with Crippen LogP contribution in [0.25, 0.3) is 11.4 Å². The number of benzene rings is 1. The van der Waals surface area contributed by atoms with E-state index < -0.39 is 6.04 Å². The van der Waals surface area contributed by atoms with Gasteiger partial charge in [-0.2, -0.15) is 4.98 Å². The van der Waals surface area contributed by atoms with Gasteiger partial charge in [-0.05, 0) is 27.6 Å². The number of rotatable bonds is 3. The Labute approximate surface area is 124 Å². The molecule has 3 aromatic rings. The summed E-state index contributed by atoms with van der Waals surface area (Å²) < 4.78 is 6.10. The highest BCUT2D eigenvalue weighted by atomic mass is 79.9. The maximum Gasteiger partial charge on any atom is 0.248 e. The molecule has 1 aromatic carbocycles. The normalized spacial score (nSPS) is 12.3. The molecule has 0 fully saturated rings. The molecule has 6 heteroatoms. The van der Waals surface area contributed by atoms with Crippen molar-refractivity contribution in [1.29, 1.82) is 0 Å². The fraction of sp³-hybridized carbons (Fsp3) is 0.0714. The van der Waals surface area contributed by atoms with Crippen LogP contribution < -0.4 is 5.73 Å². The van der Waals surface area contributed by atoms with Gasteiger partial charge in [-0.3, -0.25) is 4.98 Å². The summed E-state index contributed by atoms with van der Waals surface area (Å²) >= 11 is 3.36. The highest BCUT2D eigenvalue weighted by Gasteiger charge is 2.17. The Bertz CT molecular complexity index is 714. The van der Waals surface area contributed by atoms with E-state index in [9.17, 15) is 0 Å². The van der Waals surface area contributed by atoms with Crippen LogP contribution in [0.5, 0.6) is 0 Å². The van der Waals surface area contributed by atoms with Gasteiger partial charge in [0.25, 0.3) is 0 Å². The summed E-state index contributed by atoms with van der Waals surface area (Å²) in [5, 5.41) is 3.95. The minimum absolute atomic E-state index is 0.381. The number of nitrogens with two attached hydrogens (primary N) is 1. The van der Waals surface area contributed by atoms with E-state index in [1.165, 1.54) is 0 Å². The summed E-state index contributed by atoms with van der Waals surface area (Å²) in [6.07, 6.45) is 3.37. The Morgan fingerprint density at radius 2 is 1.95 bits per heavy atom. The van der Waals surface area contributed by atoms with Crippen molar-refractivity contribution in [3.8, 4) is 11.4 Å². The molecule has 0 radical (unpaired) electrons. The Morgan fingerprint density at radius 1 is 1.15 bits per heavy atom. The molecule has 0 amide bonds. The molecular weight excluding hydrogens is 320 g/mol. The number of halogens is 1. The predicted molar refractivity (Wildman–Crippen MR) is 77.7 cm³/mol. The third-order valence-corrected chi connectivity index (χ3v) is 3.26. The average molecular weight is 331 g/mol. The largest absolute Gasteiger partial charge is 0.337 e. The molecule has 1 atom stereocenters. The number of pyridine rings is 1. The lowest BCUT2D eigenvalue weighted by molar-refractivity contribution is 0.367. The molecule has 0 bridgehead atoms. The van der Waals surface area contributed by atoms with Crippen molar-refractivity contribution in [2.75, 3.05) is 0 Å². The summed E-state index contributed by atoms with van der Waals surface area (Å²) in [6.45, 7) is 0. The second-order valence-electron chi connectivity index (χ2n) is 4.24. The van der Waals surface area contributed by atoms with Crippen LogP contribution in [0.1, 0.15) is 17.5 Å². The van der Waals surface area contributed by atoms with Crippen LogP contribution in [0.2, 0.25) is 0 Å². The highest BCUT2D eigenvalue weighted by molar-refractivity contribution is 9.10. The lowest BCUT2D eigenvalue weighted by Gasteiger charge is -2.05. The lowest BCUT2D eigenvalue weighted by atomic mass is 10.1. The molecular formula is C14H11BrN4O. The van der Waals surface area contributed by atoms with Crippen LogP contribution in [-0.4, -0.2) is 15.1 Å². The van der Waals surface area contributed by atoms with Gasteiger partial charge in [0.1, 0.15) is 6.04 Å². The van der Waals surface area contributed by atoms with Crippen LogP contribution >= 0.6 is 15.9 Å². The molecule has 100 valence electrons. The van der Waals surface area contributed by atoms with Gasteiger partial charge in [0.2, 0.25) is 11.7 Å². The van der Waals surface area contributed by atoms with Gasteiger partial charge in [-0.25, -0.2) is 0 Å². The minimum Gasteiger partial charge on any atom is -0.337 e. The number of aromatic nitrogens is 3. The van der Waals surface area contributed by atoms with E-state index in [0.29, 0.717) is 11.7 Å². The molecule has 2 aromatic heterocycles. The van der Waals surface area contributed by atoms with Crippen molar-refractivity contribution in [2.45, 2.75) is 6.04 Å². The average Bonchev–Trinajstić information content (AvgIpc) is 2.97. The zero-order valence-corrected chi connectivity index (χ0v) is 12.0. The van der Waals surface area contributed by atoms with Crippen LogP contribution in [-0.2, 0) is 0 Å². The second kappa shape index (κ2) is 5.52. The van der Waals surface area contributed by atoms with E-state index in [2.05, 4.69) is 31.1 Å². The van der Waals surface area contributed by atoms with Crippen molar-refractivity contribution in [1.82, 2.24) is 15.1 Å². The van der Waals surface area contributed by atoms with Gasteiger partial charge in [-0.1, -0.05) is 35.5 Å². The molecule has 2 heterocycles. The Morgan fingerprint density at radius 3 is 2.70 bits per heavy atom. The first kappa shape index (κ1) is 13.0. The molecule has 2 N–H and O–H groups in total. The Balaban J connectivity index is 1.91. The smallest absolute Gasteiger partial charge is 0.248 e. The van der Waals surface area contributed by atoms with Crippen LogP contribution in [0.4, 0.5) is 0 Å². The summed E-state index contributed by atoms with van der Waals surface area (Å²) in [5.41, 5.74) is 7.82. The van der Waals surface area contributed by atoms with Crippen molar-refractivity contribution >= 4 is 15.9 Å². The Kier molecular flexibility index (Phi) is 3.58. The topological polar surface area (TPSA) is 77.8 Å². The molecule has 0 aliphatic rings. The van der Waals surface area contributed by atoms with Crippen LogP contribution in [0.15, 0.2) is 57.8 Å². The van der Waals surface area contributed by atoms with E-state index >= 15 is 0 Å². The summed E-state index contributed by atoms with van der Waals surface area (Å²) in [5.74, 6) is 0.853. The molecule has 5 nitrogen and oxygen atoms in total. The van der Waals surface area contributed by atoms with Crippen LogP contribution in [0, 0.1) is 0 Å². The minimum atomic E-state index is -0.433. The van der Waals surface area contributed by atoms with E-state index in [1.54, 1.807) is 12.4 Å². The fourth-order valence-electron chi connectivity index (χ4n) is 1.82. The second-order valence-corrected chi connectivity index (χ2v) is 5.15.